The number of aliphatic imine (C=N–C) groups is 1. The van der Waals surface area contributed by atoms with Crippen LogP contribution in [0, 0.1) is 6.42 Å². The van der Waals surface area contributed by atoms with Crippen molar-refractivity contribution in [3.63, 3.8) is 0 Å². The first-order chi connectivity index (χ1) is 9.83. The summed E-state index contributed by atoms with van der Waals surface area (Å²) < 4.78 is 0. The monoisotopic (exact) mass is 270 g/mol. The van der Waals surface area contributed by atoms with Crippen LogP contribution < -0.4 is 5.32 Å². The van der Waals surface area contributed by atoms with Gasteiger partial charge in [0.2, 0.25) is 5.91 Å². The molecule has 2 aliphatic heterocycles. The van der Waals surface area contributed by atoms with Crippen LogP contribution in [0.4, 0.5) is 0 Å². The Labute approximate surface area is 119 Å². The molecule has 1 N–H and O–H groups in total. The van der Waals surface area contributed by atoms with Crippen LogP contribution in [0.15, 0.2) is 29.3 Å². The van der Waals surface area contributed by atoms with Crippen molar-refractivity contribution in [2.45, 2.75) is 19.3 Å². The first-order valence-corrected chi connectivity index (χ1v) is 7.33. The molecule has 2 aliphatic rings. The third-order valence-corrected chi connectivity index (χ3v) is 3.83. The Hall–Kier alpha value is -1.84. The molecule has 20 heavy (non-hydrogen) atoms. The molecule has 1 aromatic carbocycles. The van der Waals surface area contributed by atoms with Crippen molar-refractivity contribution in [2.24, 2.45) is 4.99 Å². The van der Waals surface area contributed by atoms with Crippen molar-refractivity contribution in [1.82, 2.24) is 10.2 Å². The van der Waals surface area contributed by atoms with Gasteiger partial charge in [0.25, 0.3) is 0 Å². The number of nitrogens with zero attached hydrogens (tertiary/aromatic N) is 2. The molecule has 0 aliphatic carbocycles. The number of amidine groups is 1. The maximum Gasteiger partial charge on any atom is 0.226 e. The Kier molecular flexibility index (Phi) is 4.00. The number of carbonyl (C=O) groups excluding carboxylic acids is 1. The van der Waals surface area contributed by atoms with Crippen LogP contribution in [0.25, 0.3) is 0 Å². The van der Waals surface area contributed by atoms with Crippen molar-refractivity contribution in [2.75, 3.05) is 26.2 Å². The Morgan fingerprint density at radius 1 is 1.25 bits per heavy atom. The maximum absolute atomic E-state index is 11.9. The van der Waals surface area contributed by atoms with Gasteiger partial charge in [0.15, 0.2) is 0 Å². The fourth-order valence-corrected chi connectivity index (χ4v) is 2.66. The van der Waals surface area contributed by atoms with E-state index in [4.69, 9.17) is 0 Å². The molecule has 1 saturated heterocycles. The largest absolute Gasteiger partial charge is 0.368 e. The van der Waals surface area contributed by atoms with Crippen LogP contribution in [0.5, 0.6) is 0 Å². The van der Waals surface area contributed by atoms with E-state index in [1.165, 1.54) is 5.56 Å². The van der Waals surface area contributed by atoms with Crippen molar-refractivity contribution < 1.29 is 4.79 Å². The number of benzene rings is 1. The zero-order valence-corrected chi connectivity index (χ0v) is 11.6. The zero-order chi connectivity index (χ0) is 13.8. The lowest BCUT2D eigenvalue weighted by molar-refractivity contribution is -0.126. The third kappa shape index (κ3) is 3.00. The minimum Gasteiger partial charge on any atom is -0.368 e. The average molecular weight is 270 g/mol. The first-order valence-electron chi connectivity index (χ1n) is 7.33. The fraction of sp³-hybridized carbons (Fsp3) is 0.438. The molecule has 3 rings (SSSR count). The van der Waals surface area contributed by atoms with Crippen molar-refractivity contribution in [1.29, 1.82) is 0 Å². The van der Waals surface area contributed by atoms with E-state index in [0.29, 0.717) is 6.42 Å². The molecule has 0 atom stereocenters. The van der Waals surface area contributed by atoms with E-state index in [-0.39, 0.29) is 5.91 Å². The van der Waals surface area contributed by atoms with Gasteiger partial charge in [-0.25, -0.2) is 0 Å². The van der Waals surface area contributed by atoms with E-state index in [9.17, 15) is 4.79 Å². The quantitative estimate of drug-likeness (QED) is 0.899. The summed E-state index contributed by atoms with van der Waals surface area (Å²) in [6, 6.07) is 8.29. The Morgan fingerprint density at radius 3 is 2.65 bits per heavy atom. The summed E-state index contributed by atoms with van der Waals surface area (Å²) in [6.07, 6.45) is 4.79. The van der Waals surface area contributed by atoms with Gasteiger partial charge in [-0.05, 0) is 24.8 Å². The zero-order valence-electron chi connectivity index (χ0n) is 11.6. The van der Waals surface area contributed by atoms with Crippen molar-refractivity contribution >= 4 is 11.7 Å². The molecule has 0 saturated carbocycles. The summed E-state index contributed by atoms with van der Waals surface area (Å²) in [5, 5.41) is 3.26. The number of likely N-dealkylation sites (tertiary alicyclic amines) is 1. The third-order valence-electron chi connectivity index (χ3n) is 3.83. The van der Waals surface area contributed by atoms with Crippen LogP contribution >= 0.6 is 0 Å². The minimum atomic E-state index is 0.174. The van der Waals surface area contributed by atoms with E-state index in [0.717, 1.165) is 50.4 Å². The summed E-state index contributed by atoms with van der Waals surface area (Å²) in [6.45, 7) is 3.62. The van der Waals surface area contributed by atoms with Gasteiger partial charge >= 0.3 is 0 Å². The predicted molar refractivity (Wildman–Crippen MR) is 79.7 cm³/mol. The second kappa shape index (κ2) is 6.07. The highest BCUT2D eigenvalue weighted by Crippen LogP contribution is 2.12. The highest BCUT2D eigenvalue weighted by Gasteiger charge is 2.17. The minimum absolute atomic E-state index is 0.174. The van der Waals surface area contributed by atoms with Crippen LogP contribution in [0.2, 0.25) is 0 Å². The average Bonchev–Trinajstić information content (AvgIpc) is 3.18. The van der Waals surface area contributed by atoms with Gasteiger partial charge in [0.05, 0.1) is 13.0 Å². The van der Waals surface area contributed by atoms with E-state index in [1.807, 2.05) is 4.90 Å². The molecule has 1 radical (unpaired) electrons. The highest BCUT2D eigenvalue weighted by molar-refractivity contribution is 5.99. The molecule has 1 amide bonds. The summed E-state index contributed by atoms with van der Waals surface area (Å²) >= 11 is 0. The lowest BCUT2D eigenvalue weighted by Gasteiger charge is -2.14. The van der Waals surface area contributed by atoms with Gasteiger partial charge in [-0.15, -0.1) is 0 Å². The van der Waals surface area contributed by atoms with Gasteiger partial charge in [-0.3, -0.25) is 9.79 Å². The van der Waals surface area contributed by atoms with Gasteiger partial charge in [0.1, 0.15) is 5.84 Å². The lowest BCUT2D eigenvalue weighted by atomic mass is 10.1. The number of hydrogen-bond acceptors (Lipinski definition) is 3. The van der Waals surface area contributed by atoms with E-state index < -0.39 is 0 Å². The SMILES string of the molecule is O=C([CH]Cc1ccc(C2=NCCN2)cc1)N1CCCC1. The van der Waals surface area contributed by atoms with Gasteiger partial charge in [-0.1, -0.05) is 24.3 Å². The number of hydrogen-bond donors (Lipinski definition) is 1. The molecule has 2 heterocycles. The molecule has 1 fully saturated rings. The molecule has 4 heteroatoms. The Morgan fingerprint density at radius 2 is 2.00 bits per heavy atom. The molecule has 4 nitrogen and oxygen atoms in total. The number of nitrogens with one attached hydrogen (secondary N) is 1. The molecule has 0 bridgehead atoms. The maximum atomic E-state index is 11.9. The molecule has 0 unspecified atom stereocenters. The molecule has 0 spiro atoms. The summed E-state index contributed by atoms with van der Waals surface area (Å²) in [4.78, 5) is 18.3. The number of rotatable bonds is 4. The summed E-state index contributed by atoms with van der Waals surface area (Å²) in [7, 11) is 0. The van der Waals surface area contributed by atoms with Crippen molar-refractivity contribution in [3.05, 3.63) is 41.8 Å². The highest BCUT2D eigenvalue weighted by atomic mass is 16.2. The van der Waals surface area contributed by atoms with Crippen molar-refractivity contribution in [3.8, 4) is 0 Å². The second-order valence-electron chi connectivity index (χ2n) is 5.29. The molecular weight excluding hydrogens is 250 g/mol. The normalized spacial score (nSPS) is 18.0. The van der Waals surface area contributed by atoms with Crippen LogP contribution in [0.3, 0.4) is 0 Å². The topological polar surface area (TPSA) is 44.7 Å². The van der Waals surface area contributed by atoms with Gasteiger partial charge in [-0.2, -0.15) is 0 Å². The molecule has 1 aromatic rings. The van der Waals surface area contributed by atoms with E-state index in [2.05, 4.69) is 34.6 Å². The molecule has 0 aromatic heterocycles. The molecule has 105 valence electrons. The molecular formula is C16H20N3O. The van der Waals surface area contributed by atoms with Gasteiger partial charge in [0, 0.05) is 25.2 Å². The number of amides is 1. The standard InChI is InChI=1S/C16H20N3O/c20-15(19-11-1-2-12-19)8-5-13-3-6-14(7-4-13)16-17-9-10-18-16/h3-4,6-8H,1-2,5,9-12H2,(H,17,18). The number of carbonyl (C=O) groups is 1. The Bertz CT molecular complexity index is 501. The first kappa shape index (κ1) is 13.2. The Balaban J connectivity index is 1.54. The van der Waals surface area contributed by atoms with E-state index >= 15 is 0 Å². The van der Waals surface area contributed by atoms with Crippen LogP contribution in [-0.4, -0.2) is 42.8 Å². The summed E-state index contributed by atoms with van der Waals surface area (Å²) in [5.74, 6) is 1.15. The smallest absolute Gasteiger partial charge is 0.226 e. The predicted octanol–water partition coefficient (Wildman–Crippen LogP) is 1.41. The fourth-order valence-electron chi connectivity index (χ4n) is 2.66. The van der Waals surface area contributed by atoms with E-state index in [1.54, 1.807) is 6.42 Å². The van der Waals surface area contributed by atoms with Gasteiger partial charge < -0.3 is 10.2 Å². The lowest BCUT2D eigenvalue weighted by Crippen LogP contribution is -2.28. The summed E-state index contributed by atoms with van der Waals surface area (Å²) in [5.41, 5.74) is 2.29. The van der Waals surface area contributed by atoms with Crippen LogP contribution in [0.1, 0.15) is 24.0 Å². The van der Waals surface area contributed by atoms with Crippen LogP contribution in [-0.2, 0) is 11.2 Å². The second-order valence-corrected chi connectivity index (χ2v) is 5.29.